The lowest BCUT2D eigenvalue weighted by Gasteiger charge is -2.35. The molecule has 2 aliphatic heterocycles. The molecule has 0 unspecified atom stereocenters. The largest absolute Gasteiger partial charge is 0.478 e. The normalized spacial score (nSPS) is 15.9. The van der Waals surface area contributed by atoms with Gasteiger partial charge in [-0.25, -0.2) is 9.78 Å². The van der Waals surface area contributed by atoms with Crippen molar-refractivity contribution in [3.8, 4) is 0 Å². The highest BCUT2D eigenvalue weighted by molar-refractivity contribution is 5.96. The van der Waals surface area contributed by atoms with Crippen LogP contribution in [0.4, 0.5) is 25.0 Å². The summed E-state index contributed by atoms with van der Waals surface area (Å²) in [6.07, 6.45) is -2.11. The third-order valence-electron chi connectivity index (χ3n) is 8.86. The summed E-state index contributed by atoms with van der Waals surface area (Å²) in [5, 5.41) is 9.05. The van der Waals surface area contributed by atoms with Crippen LogP contribution in [0, 0.1) is 0 Å². The minimum Gasteiger partial charge on any atom is -0.478 e. The number of carboxylic acid groups (broad SMARTS) is 1. The SMILES string of the molecule is O=C(O)c1ccc(CC(=O)N2CCN(c3ccc(CC(=O)c4oc(N5CCC(c6ccccc6)CC5)nc4C(F)(F)F)cn3)CC2)cc1. The smallest absolute Gasteiger partial charge is 0.437 e. The first-order valence-corrected chi connectivity index (χ1v) is 15.8. The number of halogens is 3. The van der Waals surface area contributed by atoms with Crippen LogP contribution in [-0.2, 0) is 23.8 Å². The van der Waals surface area contributed by atoms with Crippen molar-refractivity contribution in [2.45, 2.75) is 37.8 Å². The molecule has 4 heterocycles. The summed E-state index contributed by atoms with van der Waals surface area (Å²) in [6.45, 7) is 2.89. The van der Waals surface area contributed by atoms with E-state index in [1.165, 1.54) is 23.9 Å². The molecule has 4 aromatic rings. The van der Waals surface area contributed by atoms with Crippen molar-refractivity contribution in [3.05, 3.63) is 107 Å². The highest BCUT2D eigenvalue weighted by atomic mass is 19.4. The lowest BCUT2D eigenvalue weighted by molar-refractivity contribution is -0.141. The molecule has 0 spiro atoms. The minimum atomic E-state index is -4.86. The number of anilines is 2. The lowest BCUT2D eigenvalue weighted by atomic mass is 9.90. The van der Waals surface area contributed by atoms with Crippen LogP contribution in [0.5, 0.6) is 0 Å². The average Bonchev–Trinajstić information content (AvgIpc) is 3.57. The summed E-state index contributed by atoms with van der Waals surface area (Å²) >= 11 is 0. The molecule has 2 aromatic carbocycles. The van der Waals surface area contributed by atoms with Gasteiger partial charge in [-0.3, -0.25) is 9.59 Å². The Balaban J connectivity index is 1.04. The maximum absolute atomic E-state index is 13.9. The van der Waals surface area contributed by atoms with Crippen LogP contribution < -0.4 is 9.80 Å². The number of benzene rings is 2. The second-order valence-corrected chi connectivity index (χ2v) is 12.0. The van der Waals surface area contributed by atoms with Crippen LogP contribution in [0.3, 0.4) is 0 Å². The number of oxazole rings is 1. The zero-order valence-electron chi connectivity index (χ0n) is 26.0. The number of carbonyl (C=O) groups excluding carboxylic acids is 2. The number of piperazine rings is 1. The summed E-state index contributed by atoms with van der Waals surface area (Å²) in [5.74, 6) is -1.81. The summed E-state index contributed by atoms with van der Waals surface area (Å²) in [7, 11) is 0. The fraction of sp³-hybridized carbons (Fsp3) is 0.343. The van der Waals surface area contributed by atoms with E-state index >= 15 is 0 Å². The lowest BCUT2D eigenvalue weighted by Crippen LogP contribution is -2.49. The third-order valence-corrected chi connectivity index (χ3v) is 8.86. The van der Waals surface area contributed by atoms with Gasteiger partial charge in [0, 0.05) is 51.9 Å². The van der Waals surface area contributed by atoms with E-state index < -0.39 is 29.4 Å². The molecular weight excluding hydrogens is 627 g/mol. The molecule has 0 atom stereocenters. The van der Waals surface area contributed by atoms with Gasteiger partial charge in [0.25, 0.3) is 6.01 Å². The second-order valence-electron chi connectivity index (χ2n) is 12.0. The van der Waals surface area contributed by atoms with E-state index in [2.05, 4.69) is 9.97 Å². The molecule has 0 aliphatic carbocycles. The highest BCUT2D eigenvalue weighted by Crippen LogP contribution is 2.37. The topological polar surface area (TPSA) is 120 Å². The van der Waals surface area contributed by atoms with Crippen molar-refractivity contribution in [1.29, 1.82) is 0 Å². The summed E-state index contributed by atoms with van der Waals surface area (Å²) in [5.41, 5.74) is 1.19. The number of aromatic carboxylic acids is 1. The molecule has 0 bridgehead atoms. The molecule has 13 heteroatoms. The van der Waals surface area contributed by atoms with Gasteiger partial charge in [0.1, 0.15) is 5.82 Å². The fourth-order valence-corrected chi connectivity index (χ4v) is 6.17. The standard InChI is InChI=1S/C35H34F3N5O5/c36-35(37,38)32-31(48-34(40-32)43-14-12-26(13-15-43)25-4-2-1-3-5-25)28(44)20-24-8-11-29(39-22-24)41-16-18-42(19-17-41)30(45)21-23-6-9-27(10-7-23)33(46)47/h1-11,22,26H,12-21H2,(H,46,47). The molecule has 0 saturated carbocycles. The molecule has 2 aromatic heterocycles. The van der Waals surface area contributed by atoms with Crippen molar-refractivity contribution < 1.29 is 37.1 Å². The maximum Gasteiger partial charge on any atom is 0.437 e. The predicted molar refractivity (Wildman–Crippen MR) is 170 cm³/mol. The average molecular weight is 662 g/mol. The zero-order chi connectivity index (χ0) is 33.8. The van der Waals surface area contributed by atoms with Gasteiger partial charge in [0.15, 0.2) is 5.69 Å². The van der Waals surface area contributed by atoms with Gasteiger partial charge in [-0.15, -0.1) is 0 Å². The Kier molecular flexibility index (Phi) is 9.47. The Morgan fingerprint density at radius 3 is 2.08 bits per heavy atom. The van der Waals surface area contributed by atoms with Crippen LogP contribution in [0.25, 0.3) is 0 Å². The van der Waals surface area contributed by atoms with E-state index in [9.17, 15) is 27.6 Å². The fourth-order valence-electron chi connectivity index (χ4n) is 6.17. The number of amides is 1. The van der Waals surface area contributed by atoms with Gasteiger partial charge in [-0.05, 0) is 53.6 Å². The second kappa shape index (κ2) is 13.9. The van der Waals surface area contributed by atoms with Crippen molar-refractivity contribution in [2.24, 2.45) is 0 Å². The number of carbonyl (C=O) groups is 3. The Morgan fingerprint density at radius 2 is 1.48 bits per heavy atom. The molecule has 1 amide bonds. The summed E-state index contributed by atoms with van der Waals surface area (Å²) in [6, 6.07) is 19.3. The Morgan fingerprint density at radius 1 is 0.812 bits per heavy atom. The minimum absolute atomic E-state index is 0.0648. The first-order valence-electron chi connectivity index (χ1n) is 15.8. The third kappa shape index (κ3) is 7.50. The van der Waals surface area contributed by atoms with E-state index in [-0.39, 0.29) is 30.3 Å². The summed E-state index contributed by atoms with van der Waals surface area (Å²) < 4.78 is 47.3. The number of piperidine rings is 1. The van der Waals surface area contributed by atoms with E-state index in [4.69, 9.17) is 9.52 Å². The Hall–Kier alpha value is -5.20. The van der Waals surface area contributed by atoms with E-state index in [0.717, 1.165) is 18.4 Å². The first kappa shape index (κ1) is 32.7. The number of hydrogen-bond acceptors (Lipinski definition) is 8. The van der Waals surface area contributed by atoms with Crippen molar-refractivity contribution in [3.63, 3.8) is 0 Å². The number of carboxylic acids is 1. The number of aromatic nitrogens is 2. The van der Waals surface area contributed by atoms with Crippen LogP contribution in [-0.4, -0.2) is 76.9 Å². The highest BCUT2D eigenvalue weighted by Gasteiger charge is 2.42. The molecule has 0 radical (unpaired) electrons. The van der Waals surface area contributed by atoms with Crippen LogP contribution in [0.2, 0.25) is 0 Å². The van der Waals surface area contributed by atoms with Crippen molar-refractivity contribution in [1.82, 2.24) is 14.9 Å². The Labute approximate surface area is 274 Å². The number of rotatable bonds is 9. The number of hydrogen-bond donors (Lipinski definition) is 1. The van der Waals surface area contributed by atoms with Crippen LogP contribution in [0.1, 0.15) is 62.1 Å². The predicted octanol–water partition coefficient (Wildman–Crippen LogP) is 5.49. The quantitative estimate of drug-likeness (QED) is 0.232. The molecule has 10 nitrogen and oxygen atoms in total. The van der Waals surface area contributed by atoms with E-state index in [1.807, 2.05) is 35.2 Å². The number of alkyl halides is 3. The van der Waals surface area contributed by atoms with Crippen molar-refractivity contribution >= 4 is 29.5 Å². The monoisotopic (exact) mass is 661 g/mol. The number of ketones is 1. The van der Waals surface area contributed by atoms with Crippen LogP contribution >= 0.6 is 0 Å². The van der Waals surface area contributed by atoms with Gasteiger partial charge in [-0.1, -0.05) is 48.5 Å². The van der Waals surface area contributed by atoms with E-state index in [1.54, 1.807) is 34.1 Å². The van der Waals surface area contributed by atoms with Gasteiger partial charge < -0.3 is 24.2 Å². The van der Waals surface area contributed by atoms with Gasteiger partial charge in [-0.2, -0.15) is 18.2 Å². The molecule has 6 rings (SSSR count). The van der Waals surface area contributed by atoms with Gasteiger partial charge in [0.2, 0.25) is 17.5 Å². The Bertz CT molecular complexity index is 1740. The molecule has 2 aliphatic rings. The molecule has 2 saturated heterocycles. The molecule has 48 heavy (non-hydrogen) atoms. The molecule has 2 fully saturated rings. The molecule has 250 valence electrons. The molecule has 1 N–H and O–H groups in total. The maximum atomic E-state index is 13.9. The number of pyridine rings is 1. The zero-order valence-corrected chi connectivity index (χ0v) is 26.0. The first-order chi connectivity index (χ1) is 23.0. The van der Waals surface area contributed by atoms with Crippen molar-refractivity contribution in [2.75, 3.05) is 49.1 Å². The summed E-state index contributed by atoms with van der Waals surface area (Å²) in [4.78, 5) is 50.5. The molecular formula is C35H34F3N5O5. The van der Waals surface area contributed by atoms with E-state index in [0.29, 0.717) is 56.6 Å². The number of nitrogens with zero attached hydrogens (tertiary/aromatic N) is 5. The van der Waals surface area contributed by atoms with Gasteiger partial charge >= 0.3 is 12.1 Å². The van der Waals surface area contributed by atoms with Gasteiger partial charge in [0.05, 0.1) is 12.0 Å². The number of Topliss-reactive ketones (excluding diaryl/α,β-unsaturated/α-hetero) is 1. The van der Waals surface area contributed by atoms with Crippen LogP contribution in [0.15, 0.2) is 77.3 Å².